The Morgan fingerprint density at radius 3 is 2.74 bits per heavy atom. The summed E-state index contributed by atoms with van der Waals surface area (Å²) in [5, 5.41) is 11.6. The number of aromatic nitrogens is 1. The van der Waals surface area contributed by atoms with Crippen molar-refractivity contribution in [2.75, 3.05) is 0 Å². The normalized spacial score (nSPS) is 11.3. The highest BCUT2D eigenvalue weighted by Gasteiger charge is 2.13. The minimum atomic E-state index is -0.865. The Bertz CT molecular complexity index is 808. The maximum Gasteiger partial charge on any atom is 0.307 e. The molecule has 0 amide bonds. The van der Waals surface area contributed by atoms with Gasteiger partial charge in [0.25, 0.3) is 0 Å². The number of carboxylic acids is 1. The van der Waals surface area contributed by atoms with Crippen LogP contribution < -0.4 is 0 Å². The van der Waals surface area contributed by atoms with Crippen LogP contribution in [0, 0.1) is 0 Å². The molecular formula is C14H9Cl2NO2. The van der Waals surface area contributed by atoms with Gasteiger partial charge in [-0.25, -0.2) is 0 Å². The van der Waals surface area contributed by atoms with Crippen molar-refractivity contribution >= 4 is 51.0 Å². The minimum Gasteiger partial charge on any atom is -0.481 e. The SMILES string of the molecule is O=C(O)Cc1cccc2c1[nH]c1ccc(Cl)c(Cl)c12. The van der Waals surface area contributed by atoms with Crippen molar-refractivity contribution in [3.8, 4) is 0 Å². The van der Waals surface area contributed by atoms with E-state index in [0.29, 0.717) is 10.0 Å². The number of carbonyl (C=O) groups is 1. The molecule has 3 aromatic rings. The number of para-hydroxylation sites is 1. The average molecular weight is 294 g/mol. The Hall–Kier alpha value is -1.71. The fourth-order valence-corrected chi connectivity index (χ4v) is 2.74. The van der Waals surface area contributed by atoms with Gasteiger partial charge in [0, 0.05) is 16.3 Å². The van der Waals surface area contributed by atoms with E-state index in [1.54, 1.807) is 12.1 Å². The summed E-state index contributed by atoms with van der Waals surface area (Å²) < 4.78 is 0. The third-order valence-corrected chi connectivity index (χ3v) is 3.92. The molecule has 1 aromatic heterocycles. The third kappa shape index (κ3) is 1.95. The molecule has 2 N–H and O–H groups in total. The predicted molar refractivity (Wildman–Crippen MR) is 77.2 cm³/mol. The molecular weight excluding hydrogens is 285 g/mol. The molecule has 2 aromatic carbocycles. The van der Waals surface area contributed by atoms with E-state index in [2.05, 4.69) is 4.98 Å². The van der Waals surface area contributed by atoms with Crippen LogP contribution in [0.3, 0.4) is 0 Å². The molecule has 0 radical (unpaired) electrons. The van der Waals surface area contributed by atoms with Gasteiger partial charge in [0.05, 0.1) is 22.0 Å². The number of carboxylic acid groups (broad SMARTS) is 1. The zero-order valence-electron chi connectivity index (χ0n) is 9.71. The lowest BCUT2D eigenvalue weighted by Crippen LogP contribution is -2.00. The largest absolute Gasteiger partial charge is 0.481 e. The van der Waals surface area contributed by atoms with Crippen molar-refractivity contribution in [3.05, 3.63) is 45.9 Å². The number of halogens is 2. The van der Waals surface area contributed by atoms with Crippen LogP contribution in [0.1, 0.15) is 5.56 Å². The molecule has 0 spiro atoms. The first-order chi connectivity index (χ1) is 9.08. The number of nitrogens with one attached hydrogen (secondary N) is 1. The molecule has 3 nitrogen and oxygen atoms in total. The van der Waals surface area contributed by atoms with Gasteiger partial charge in [-0.3, -0.25) is 4.79 Å². The summed E-state index contributed by atoms with van der Waals surface area (Å²) >= 11 is 12.3. The van der Waals surface area contributed by atoms with Crippen LogP contribution >= 0.6 is 23.2 Å². The molecule has 96 valence electrons. The molecule has 0 unspecified atom stereocenters. The molecule has 5 heteroatoms. The Morgan fingerprint density at radius 1 is 1.21 bits per heavy atom. The number of hydrogen-bond acceptors (Lipinski definition) is 1. The van der Waals surface area contributed by atoms with Gasteiger partial charge in [0.2, 0.25) is 0 Å². The topological polar surface area (TPSA) is 53.1 Å². The molecule has 0 aliphatic heterocycles. The van der Waals surface area contributed by atoms with Crippen molar-refractivity contribution in [3.63, 3.8) is 0 Å². The lowest BCUT2D eigenvalue weighted by Gasteiger charge is -2.00. The average Bonchev–Trinajstić information content (AvgIpc) is 2.74. The van der Waals surface area contributed by atoms with Gasteiger partial charge in [0.1, 0.15) is 0 Å². The fraction of sp³-hybridized carbons (Fsp3) is 0.0714. The summed E-state index contributed by atoms with van der Waals surface area (Å²) in [6, 6.07) is 9.08. The van der Waals surface area contributed by atoms with Crippen LogP contribution in [0.15, 0.2) is 30.3 Å². The first-order valence-corrected chi connectivity index (χ1v) is 6.42. The molecule has 0 saturated carbocycles. The van der Waals surface area contributed by atoms with Crippen molar-refractivity contribution < 1.29 is 9.90 Å². The zero-order chi connectivity index (χ0) is 13.6. The van der Waals surface area contributed by atoms with Crippen LogP contribution in [-0.2, 0) is 11.2 Å². The molecule has 3 rings (SSSR count). The van der Waals surface area contributed by atoms with E-state index in [-0.39, 0.29) is 6.42 Å². The third-order valence-electron chi connectivity index (χ3n) is 3.12. The summed E-state index contributed by atoms with van der Waals surface area (Å²) in [4.78, 5) is 14.1. The van der Waals surface area contributed by atoms with Crippen LogP contribution in [0.2, 0.25) is 10.0 Å². The number of benzene rings is 2. The highest BCUT2D eigenvalue weighted by Crippen LogP contribution is 2.36. The van der Waals surface area contributed by atoms with Gasteiger partial charge >= 0.3 is 5.97 Å². The molecule has 0 aliphatic carbocycles. The first kappa shape index (κ1) is 12.3. The number of H-pyrrole nitrogens is 1. The highest BCUT2D eigenvalue weighted by atomic mass is 35.5. The van der Waals surface area contributed by atoms with E-state index in [4.69, 9.17) is 28.3 Å². The molecule has 1 heterocycles. The quantitative estimate of drug-likeness (QED) is 0.742. The Balaban J connectivity index is 2.40. The molecule has 0 saturated heterocycles. The Kier molecular flexibility index (Phi) is 2.88. The first-order valence-electron chi connectivity index (χ1n) is 5.67. The fourth-order valence-electron chi connectivity index (χ4n) is 2.32. The van der Waals surface area contributed by atoms with E-state index < -0.39 is 5.97 Å². The lowest BCUT2D eigenvalue weighted by molar-refractivity contribution is -0.136. The van der Waals surface area contributed by atoms with E-state index in [9.17, 15) is 4.79 Å². The number of aliphatic carboxylic acids is 1. The van der Waals surface area contributed by atoms with E-state index >= 15 is 0 Å². The van der Waals surface area contributed by atoms with Gasteiger partial charge in [-0.2, -0.15) is 0 Å². The Morgan fingerprint density at radius 2 is 2.00 bits per heavy atom. The maximum absolute atomic E-state index is 10.9. The minimum absolute atomic E-state index is 0.0322. The smallest absolute Gasteiger partial charge is 0.307 e. The van der Waals surface area contributed by atoms with Gasteiger partial charge in [-0.1, -0.05) is 41.4 Å². The maximum atomic E-state index is 10.9. The van der Waals surface area contributed by atoms with Gasteiger partial charge < -0.3 is 10.1 Å². The van der Waals surface area contributed by atoms with Crippen LogP contribution in [0.25, 0.3) is 21.8 Å². The van der Waals surface area contributed by atoms with Crippen LogP contribution in [0.4, 0.5) is 0 Å². The van der Waals surface area contributed by atoms with Crippen LogP contribution in [-0.4, -0.2) is 16.1 Å². The van der Waals surface area contributed by atoms with Crippen LogP contribution in [0.5, 0.6) is 0 Å². The van der Waals surface area contributed by atoms with Crippen molar-refractivity contribution in [2.24, 2.45) is 0 Å². The number of hydrogen-bond donors (Lipinski definition) is 2. The van der Waals surface area contributed by atoms with Crippen molar-refractivity contribution in [2.45, 2.75) is 6.42 Å². The summed E-state index contributed by atoms with van der Waals surface area (Å²) in [5.74, 6) is -0.865. The van der Waals surface area contributed by atoms with E-state index in [0.717, 1.165) is 27.4 Å². The summed E-state index contributed by atoms with van der Waals surface area (Å²) in [5.41, 5.74) is 2.37. The molecule has 0 aliphatic rings. The monoisotopic (exact) mass is 293 g/mol. The standard InChI is InChI=1S/C14H9Cl2NO2/c15-9-4-5-10-12(13(9)16)8-3-1-2-7(6-11(18)19)14(8)17-10/h1-5,17H,6H2,(H,18,19). The second kappa shape index (κ2) is 4.44. The zero-order valence-corrected chi connectivity index (χ0v) is 11.2. The number of fused-ring (bicyclic) bond motifs is 3. The summed E-state index contributed by atoms with van der Waals surface area (Å²) in [6.07, 6.45) is -0.0322. The second-order valence-electron chi connectivity index (χ2n) is 4.32. The van der Waals surface area contributed by atoms with Gasteiger partial charge in [-0.15, -0.1) is 0 Å². The lowest BCUT2D eigenvalue weighted by atomic mass is 10.1. The molecule has 19 heavy (non-hydrogen) atoms. The van der Waals surface area contributed by atoms with E-state index in [1.807, 2.05) is 18.2 Å². The second-order valence-corrected chi connectivity index (χ2v) is 5.10. The van der Waals surface area contributed by atoms with Crippen molar-refractivity contribution in [1.29, 1.82) is 0 Å². The predicted octanol–water partition coefficient (Wildman–Crippen LogP) is 4.26. The summed E-state index contributed by atoms with van der Waals surface area (Å²) in [7, 11) is 0. The molecule has 0 atom stereocenters. The van der Waals surface area contributed by atoms with Gasteiger partial charge in [0.15, 0.2) is 0 Å². The Labute approximate surface area is 118 Å². The van der Waals surface area contributed by atoms with Crippen molar-refractivity contribution in [1.82, 2.24) is 4.98 Å². The van der Waals surface area contributed by atoms with Gasteiger partial charge in [-0.05, 0) is 17.7 Å². The van der Waals surface area contributed by atoms with E-state index in [1.165, 1.54) is 0 Å². The highest BCUT2D eigenvalue weighted by molar-refractivity contribution is 6.46. The molecule has 0 bridgehead atoms. The number of rotatable bonds is 2. The number of aromatic amines is 1. The summed E-state index contributed by atoms with van der Waals surface area (Å²) in [6.45, 7) is 0. The molecule has 0 fully saturated rings.